The second kappa shape index (κ2) is 4.31. The molecule has 1 aliphatic heterocycles. The molecule has 2 nitrogen and oxygen atoms in total. The summed E-state index contributed by atoms with van der Waals surface area (Å²) < 4.78 is 5.25. The number of cyclic esters (lactones) is 1. The Kier molecular flexibility index (Phi) is 2.65. The number of esters is 1. The van der Waals surface area contributed by atoms with Gasteiger partial charge >= 0.3 is 5.97 Å². The van der Waals surface area contributed by atoms with E-state index in [2.05, 4.69) is 0 Å². The van der Waals surface area contributed by atoms with E-state index in [1.807, 2.05) is 48.5 Å². The second-order valence-electron chi connectivity index (χ2n) is 3.97. The van der Waals surface area contributed by atoms with Crippen molar-refractivity contribution in [3.05, 3.63) is 70.2 Å². The number of carbonyl (C=O) groups is 1. The number of carbonyl (C=O) groups excluding carboxylic acids is 1. The van der Waals surface area contributed by atoms with E-state index in [9.17, 15) is 4.79 Å². The number of halogens is 1. The van der Waals surface area contributed by atoms with E-state index in [4.69, 9.17) is 16.3 Å². The predicted octanol–water partition coefficient (Wildman–Crippen LogP) is 4.01. The van der Waals surface area contributed by atoms with Crippen LogP contribution < -0.4 is 0 Å². The number of rotatable bonds is 1. The van der Waals surface area contributed by atoms with Crippen LogP contribution in [0, 0.1) is 0 Å². The zero-order valence-corrected chi connectivity index (χ0v) is 10.1. The Morgan fingerprint density at radius 2 is 1.78 bits per heavy atom. The minimum absolute atomic E-state index is 0.391. The third-order valence-corrected chi connectivity index (χ3v) is 3.10. The maximum Gasteiger partial charge on any atom is 0.345 e. The van der Waals surface area contributed by atoms with Gasteiger partial charge in [0.15, 0.2) is 0 Å². The topological polar surface area (TPSA) is 26.3 Å². The fourth-order valence-corrected chi connectivity index (χ4v) is 2.20. The number of ether oxygens (including phenoxy) is 1. The number of fused-ring (bicyclic) bond motifs is 1. The van der Waals surface area contributed by atoms with Crippen LogP contribution in [0.2, 0.25) is 5.02 Å². The van der Waals surface area contributed by atoms with Gasteiger partial charge in [0, 0.05) is 5.56 Å². The fourth-order valence-electron chi connectivity index (χ4n) is 1.95. The van der Waals surface area contributed by atoms with Gasteiger partial charge in [-0.3, -0.25) is 0 Å². The molecule has 0 unspecified atom stereocenters. The van der Waals surface area contributed by atoms with E-state index in [1.165, 1.54) is 0 Å². The van der Waals surface area contributed by atoms with Gasteiger partial charge in [-0.25, -0.2) is 4.79 Å². The monoisotopic (exact) mass is 256 g/mol. The van der Waals surface area contributed by atoms with Crippen molar-refractivity contribution >= 4 is 29.4 Å². The maximum absolute atomic E-state index is 11.7. The molecule has 0 radical (unpaired) electrons. The van der Waals surface area contributed by atoms with E-state index < -0.39 is 5.97 Å². The summed E-state index contributed by atoms with van der Waals surface area (Å²) in [4.78, 5) is 11.7. The average molecular weight is 257 g/mol. The summed E-state index contributed by atoms with van der Waals surface area (Å²) in [6, 6.07) is 15.0. The van der Waals surface area contributed by atoms with E-state index in [0.717, 1.165) is 11.1 Å². The molecule has 0 bridgehead atoms. The van der Waals surface area contributed by atoms with Gasteiger partial charge in [0.25, 0.3) is 0 Å². The Bertz CT molecular complexity index is 645. The average Bonchev–Trinajstić information content (AvgIpc) is 2.69. The van der Waals surface area contributed by atoms with Gasteiger partial charge in [0.1, 0.15) is 5.76 Å². The highest BCUT2D eigenvalue weighted by molar-refractivity contribution is 6.34. The molecule has 88 valence electrons. The molecule has 18 heavy (non-hydrogen) atoms. The molecule has 0 amide bonds. The van der Waals surface area contributed by atoms with Crippen LogP contribution in [0.4, 0.5) is 0 Å². The Balaban J connectivity index is 2.12. The molecule has 0 aliphatic carbocycles. The van der Waals surface area contributed by atoms with Crippen molar-refractivity contribution in [3.8, 4) is 0 Å². The van der Waals surface area contributed by atoms with Crippen molar-refractivity contribution in [1.29, 1.82) is 0 Å². The zero-order valence-electron chi connectivity index (χ0n) is 9.39. The summed E-state index contributed by atoms with van der Waals surface area (Å²) in [5, 5.41) is 0.425. The predicted molar refractivity (Wildman–Crippen MR) is 71.2 cm³/mol. The minimum Gasteiger partial charge on any atom is -0.422 e. The van der Waals surface area contributed by atoms with Gasteiger partial charge in [-0.05, 0) is 17.7 Å². The van der Waals surface area contributed by atoms with Crippen molar-refractivity contribution in [2.75, 3.05) is 0 Å². The third-order valence-electron chi connectivity index (χ3n) is 2.78. The van der Waals surface area contributed by atoms with Gasteiger partial charge in [-0.1, -0.05) is 54.1 Å². The second-order valence-corrected chi connectivity index (χ2v) is 4.38. The van der Waals surface area contributed by atoms with Gasteiger partial charge in [0.05, 0.1) is 10.6 Å². The molecule has 0 fully saturated rings. The smallest absolute Gasteiger partial charge is 0.345 e. The first-order chi connectivity index (χ1) is 8.75. The summed E-state index contributed by atoms with van der Waals surface area (Å²) in [7, 11) is 0. The molecule has 0 spiro atoms. The third kappa shape index (κ3) is 1.81. The molecular formula is C15H9ClO2. The molecule has 0 saturated heterocycles. The van der Waals surface area contributed by atoms with Gasteiger partial charge < -0.3 is 4.74 Å². The van der Waals surface area contributed by atoms with E-state index >= 15 is 0 Å². The molecule has 3 heteroatoms. The zero-order chi connectivity index (χ0) is 12.5. The van der Waals surface area contributed by atoms with E-state index in [-0.39, 0.29) is 0 Å². The minimum atomic E-state index is -0.391. The molecule has 0 aromatic heterocycles. The van der Waals surface area contributed by atoms with E-state index in [1.54, 1.807) is 6.07 Å². The van der Waals surface area contributed by atoms with Gasteiger partial charge in [-0.2, -0.15) is 0 Å². The molecule has 0 atom stereocenters. The van der Waals surface area contributed by atoms with Crippen LogP contribution in [0.25, 0.3) is 11.8 Å². The van der Waals surface area contributed by atoms with Crippen LogP contribution in [0.15, 0.2) is 48.5 Å². The Morgan fingerprint density at radius 3 is 2.56 bits per heavy atom. The first kappa shape index (κ1) is 11.1. The number of benzene rings is 2. The Morgan fingerprint density at radius 1 is 1.00 bits per heavy atom. The molecule has 1 heterocycles. The lowest BCUT2D eigenvalue weighted by atomic mass is 10.1. The molecule has 1 aliphatic rings. The highest BCUT2D eigenvalue weighted by Gasteiger charge is 2.28. The van der Waals surface area contributed by atoms with Crippen LogP contribution in [0.5, 0.6) is 0 Å². The normalized spacial score (nSPS) is 15.6. The van der Waals surface area contributed by atoms with Crippen LogP contribution in [0.1, 0.15) is 21.5 Å². The number of hydrogen-bond acceptors (Lipinski definition) is 2. The largest absolute Gasteiger partial charge is 0.422 e. The lowest BCUT2D eigenvalue weighted by molar-refractivity contribution is 0.0717. The summed E-state index contributed by atoms with van der Waals surface area (Å²) >= 11 is 6.00. The molecule has 0 N–H and O–H groups in total. The Hall–Kier alpha value is -2.06. The van der Waals surface area contributed by atoms with E-state index in [0.29, 0.717) is 16.3 Å². The summed E-state index contributed by atoms with van der Waals surface area (Å²) in [5.41, 5.74) is 2.17. The molecular weight excluding hydrogens is 248 g/mol. The van der Waals surface area contributed by atoms with Crippen molar-refractivity contribution in [1.82, 2.24) is 0 Å². The number of hydrogen-bond donors (Lipinski definition) is 0. The van der Waals surface area contributed by atoms with Crippen molar-refractivity contribution in [2.45, 2.75) is 0 Å². The Labute approximate surface area is 109 Å². The summed E-state index contributed by atoms with van der Waals surface area (Å²) in [5.74, 6) is 0.154. The first-order valence-corrected chi connectivity index (χ1v) is 5.91. The van der Waals surface area contributed by atoms with Gasteiger partial charge in [-0.15, -0.1) is 0 Å². The molecule has 2 aromatic carbocycles. The lowest BCUT2D eigenvalue weighted by Gasteiger charge is -1.99. The fraction of sp³-hybridized carbons (Fsp3) is 0. The summed E-state index contributed by atoms with van der Waals surface area (Å²) in [6.45, 7) is 0. The van der Waals surface area contributed by atoms with Crippen molar-refractivity contribution < 1.29 is 9.53 Å². The van der Waals surface area contributed by atoms with Crippen LogP contribution in [0.3, 0.4) is 0 Å². The maximum atomic E-state index is 11.7. The van der Waals surface area contributed by atoms with Crippen LogP contribution >= 0.6 is 11.6 Å². The van der Waals surface area contributed by atoms with Crippen molar-refractivity contribution in [3.63, 3.8) is 0 Å². The van der Waals surface area contributed by atoms with Crippen molar-refractivity contribution in [2.24, 2.45) is 0 Å². The lowest BCUT2D eigenvalue weighted by Crippen LogP contribution is -1.94. The quantitative estimate of drug-likeness (QED) is 0.721. The SMILES string of the molecule is O=C1OC(=Cc2ccccc2)c2cccc(Cl)c21. The van der Waals surface area contributed by atoms with Crippen LogP contribution in [-0.2, 0) is 4.74 Å². The standard InChI is InChI=1S/C15H9ClO2/c16-12-8-4-7-11-13(18-15(17)14(11)12)9-10-5-2-1-3-6-10/h1-9H. The summed E-state index contributed by atoms with van der Waals surface area (Å²) in [6.07, 6.45) is 1.83. The highest BCUT2D eigenvalue weighted by atomic mass is 35.5. The molecule has 3 rings (SSSR count). The molecule has 2 aromatic rings. The first-order valence-electron chi connectivity index (χ1n) is 5.53. The highest BCUT2D eigenvalue weighted by Crippen LogP contribution is 2.35. The molecule has 0 saturated carbocycles. The van der Waals surface area contributed by atoms with Crippen LogP contribution in [-0.4, -0.2) is 5.97 Å². The van der Waals surface area contributed by atoms with Gasteiger partial charge in [0.2, 0.25) is 0 Å².